The third kappa shape index (κ3) is 6.32. The van der Waals surface area contributed by atoms with E-state index in [-0.39, 0.29) is 11.7 Å². The molecule has 0 atom stereocenters. The van der Waals surface area contributed by atoms with Gasteiger partial charge in [-0.25, -0.2) is 8.42 Å². The number of piperidine rings is 1. The SMILES string of the molecule is COc1ccc(CCC2CCN(C(=O)c3cccc(CS(C)(=O)=O)c3)CC2)cc1. The largest absolute Gasteiger partial charge is 0.497 e. The fourth-order valence-electron chi connectivity index (χ4n) is 3.87. The van der Waals surface area contributed by atoms with E-state index >= 15 is 0 Å². The lowest BCUT2D eigenvalue weighted by atomic mass is 9.90. The molecule has 156 valence electrons. The third-order valence-corrected chi connectivity index (χ3v) is 6.36. The second-order valence-corrected chi connectivity index (χ2v) is 10.0. The Hall–Kier alpha value is -2.34. The van der Waals surface area contributed by atoms with Gasteiger partial charge in [0.15, 0.2) is 9.84 Å². The number of rotatable bonds is 7. The van der Waals surface area contributed by atoms with Gasteiger partial charge in [-0.15, -0.1) is 0 Å². The van der Waals surface area contributed by atoms with E-state index in [2.05, 4.69) is 12.1 Å². The molecule has 3 rings (SSSR count). The van der Waals surface area contributed by atoms with Gasteiger partial charge in [0.25, 0.3) is 5.91 Å². The predicted molar refractivity (Wildman–Crippen MR) is 115 cm³/mol. The zero-order valence-corrected chi connectivity index (χ0v) is 18.0. The first-order chi connectivity index (χ1) is 13.8. The Morgan fingerprint density at radius 3 is 2.38 bits per heavy atom. The first kappa shape index (κ1) is 21.4. The summed E-state index contributed by atoms with van der Waals surface area (Å²) in [5, 5.41) is 0. The van der Waals surface area contributed by atoms with Crippen molar-refractivity contribution in [2.24, 2.45) is 5.92 Å². The first-order valence-electron chi connectivity index (χ1n) is 10.0. The summed E-state index contributed by atoms with van der Waals surface area (Å²) in [5.74, 6) is 1.45. The van der Waals surface area contributed by atoms with Crippen molar-refractivity contribution in [3.05, 3.63) is 65.2 Å². The average Bonchev–Trinajstić information content (AvgIpc) is 2.71. The van der Waals surface area contributed by atoms with Crippen molar-refractivity contribution in [2.45, 2.75) is 31.4 Å². The summed E-state index contributed by atoms with van der Waals surface area (Å²) >= 11 is 0. The maximum Gasteiger partial charge on any atom is 0.253 e. The molecule has 1 heterocycles. The summed E-state index contributed by atoms with van der Waals surface area (Å²) in [6.45, 7) is 1.50. The third-order valence-electron chi connectivity index (χ3n) is 5.50. The number of sulfone groups is 1. The fourth-order valence-corrected chi connectivity index (χ4v) is 4.65. The maximum atomic E-state index is 12.8. The highest BCUT2D eigenvalue weighted by atomic mass is 32.2. The number of ether oxygens (including phenoxy) is 1. The van der Waals surface area contributed by atoms with E-state index < -0.39 is 9.84 Å². The van der Waals surface area contributed by atoms with Crippen LogP contribution in [-0.4, -0.2) is 45.7 Å². The molecule has 5 nitrogen and oxygen atoms in total. The molecule has 29 heavy (non-hydrogen) atoms. The van der Waals surface area contributed by atoms with Gasteiger partial charge >= 0.3 is 0 Å². The molecule has 1 saturated heterocycles. The van der Waals surface area contributed by atoms with Gasteiger partial charge in [-0.1, -0.05) is 24.3 Å². The van der Waals surface area contributed by atoms with E-state index in [1.807, 2.05) is 17.0 Å². The number of nitrogens with zero attached hydrogens (tertiary/aromatic N) is 1. The van der Waals surface area contributed by atoms with Gasteiger partial charge < -0.3 is 9.64 Å². The molecule has 0 bridgehead atoms. The first-order valence-corrected chi connectivity index (χ1v) is 12.1. The minimum Gasteiger partial charge on any atom is -0.497 e. The zero-order chi connectivity index (χ0) is 20.9. The summed E-state index contributed by atoms with van der Waals surface area (Å²) in [6.07, 6.45) is 5.38. The van der Waals surface area contributed by atoms with Crippen LogP contribution >= 0.6 is 0 Å². The second-order valence-electron chi connectivity index (χ2n) is 7.89. The van der Waals surface area contributed by atoms with Crippen LogP contribution in [-0.2, 0) is 22.0 Å². The van der Waals surface area contributed by atoms with E-state index in [0.717, 1.165) is 44.5 Å². The Bertz CT molecular complexity index is 930. The van der Waals surface area contributed by atoms with Gasteiger partial charge in [-0.2, -0.15) is 0 Å². The molecule has 0 spiro atoms. The van der Waals surface area contributed by atoms with Crippen LogP contribution in [0.25, 0.3) is 0 Å². The normalized spacial score (nSPS) is 15.3. The van der Waals surface area contributed by atoms with Crippen LogP contribution in [0.1, 0.15) is 40.7 Å². The number of hydrogen-bond acceptors (Lipinski definition) is 4. The minimum absolute atomic E-state index is 0.00560. The molecular weight excluding hydrogens is 386 g/mol. The number of hydrogen-bond donors (Lipinski definition) is 0. The number of aryl methyl sites for hydroxylation is 1. The van der Waals surface area contributed by atoms with Gasteiger partial charge in [0.2, 0.25) is 0 Å². The molecule has 1 fully saturated rings. The highest BCUT2D eigenvalue weighted by molar-refractivity contribution is 7.89. The topological polar surface area (TPSA) is 63.7 Å². The number of carbonyl (C=O) groups is 1. The Morgan fingerprint density at radius 2 is 1.76 bits per heavy atom. The molecule has 0 N–H and O–H groups in total. The van der Waals surface area contributed by atoms with Gasteiger partial charge in [0.05, 0.1) is 12.9 Å². The number of benzene rings is 2. The van der Waals surface area contributed by atoms with E-state index in [1.165, 1.54) is 11.8 Å². The van der Waals surface area contributed by atoms with Crippen molar-refractivity contribution in [1.29, 1.82) is 0 Å². The van der Waals surface area contributed by atoms with E-state index in [9.17, 15) is 13.2 Å². The minimum atomic E-state index is -3.12. The van der Waals surface area contributed by atoms with E-state index in [4.69, 9.17) is 4.74 Å². The number of amides is 1. The predicted octanol–water partition coefficient (Wildman–Crippen LogP) is 3.72. The monoisotopic (exact) mass is 415 g/mol. The molecule has 0 radical (unpaired) electrons. The number of carbonyl (C=O) groups excluding carboxylic acids is 1. The Morgan fingerprint density at radius 1 is 1.07 bits per heavy atom. The van der Waals surface area contributed by atoms with Crippen molar-refractivity contribution in [1.82, 2.24) is 4.90 Å². The summed E-state index contributed by atoms with van der Waals surface area (Å²) in [7, 11) is -1.44. The van der Waals surface area contributed by atoms with Crippen LogP contribution in [0.4, 0.5) is 0 Å². The van der Waals surface area contributed by atoms with Crippen LogP contribution in [0.5, 0.6) is 5.75 Å². The summed E-state index contributed by atoms with van der Waals surface area (Å²) in [5.41, 5.74) is 2.54. The molecule has 0 aliphatic carbocycles. The number of likely N-dealkylation sites (tertiary alicyclic amines) is 1. The lowest BCUT2D eigenvalue weighted by Gasteiger charge is -2.32. The summed E-state index contributed by atoms with van der Waals surface area (Å²) in [6, 6.07) is 15.2. The van der Waals surface area contributed by atoms with E-state index in [1.54, 1.807) is 31.4 Å². The van der Waals surface area contributed by atoms with Crippen molar-refractivity contribution in [3.8, 4) is 5.75 Å². The van der Waals surface area contributed by atoms with Gasteiger partial charge in [0.1, 0.15) is 5.75 Å². The quantitative estimate of drug-likeness (QED) is 0.691. The molecule has 2 aromatic rings. The molecule has 0 aromatic heterocycles. The van der Waals surface area contributed by atoms with Crippen LogP contribution < -0.4 is 4.74 Å². The molecule has 2 aromatic carbocycles. The van der Waals surface area contributed by atoms with Crippen molar-refractivity contribution < 1.29 is 17.9 Å². The molecule has 6 heteroatoms. The lowest BCUT2D eigenvalue weighted by Crippen LogP contribution is -2.38. The van der Waals surface area contributed by atoms with E-state index in [0.29, 0.717) is 17.0 Å². The standard InChI is InChI=1S/C23H29NO4S/c1-28-22-10-8-18(9-11-22)6-7-19-12-14-24(15-13-19)23(25)21-5-3-4-20(16-21)17-29(2,26)27/h3-5,8-11,16,19H,6-7,12-15,17H2,1-2H3. The number of methoxy groups -OCH3 is 1. The van der Waals surface area contributed by atoms with Gasteiger partial charge in [-0.05, 0) is 67.0 Å². The average molecular weight is 416 g/mol. The fraction of sp³-hybridized carbons (Fsp3) is 0.435. The zero-order valence-electron chi connectivity index (χ0n) is 17.1. The molecule has 0 saturated carbocycles. The molecular formula is C23H29NO4S. The van der Waals surface area contributed by atoms with Crippen LogP contribution in [0, 0.1) is 5.92 Å². The summed E-state index contributed by atoms with van der Waals surface area (Å²) < 4.78 is 28.2. The summed E-state index contributed by atoms with van der Waals surface area (Å²) in [4.78, 5) is 14.7. The molecule has 1 amide bonds. The highest BCUT2D eigenvalue weighted by Gasteiger charge is 2.23. The molecule has 1 aliphatic rings. The maximum absolute atomic E-state index is 12.8. The van der Waals surface area contributed by atoms with Crippen LogP contribution in [0.15, 0.2) is 48.5 Å². The van der Waals surface area contributed by atoms with Crippen molar-refractivity contribution in [2.75, 3.05) is 26.5 Å². The Labute approximate surface area is 173 Å². The van der Waals surface area contributed by atoms with Crippen molar-refractivity contribution in [3.63, 3.8) is 0 Å². The smallest absolute Gasteiger partial charge is 0.253 e. The lowest BCUT2D eigenvalue weighted by molar-refractivity contribution is 0.0687. The molecule has 0 unspecified atom stereocenters. The van der Waals surface area contributed by atoms with Gasteiger partial charge in [-0.3, -0.25) is 4.79 Å². The highest BCUT2D eigenvalue weighted by Crippen LogP contribution is 2.24. The molecule has 1 aliphatic heterocycles. The van der Waals surface area contributed by atoms with Gasteiger partial charge in [0, 0.05) is 24.9 Å². The van der Waals surface area contributed by atoms with Crippen molar-refractivity contribution >= 4 is 15.7 Å². The Kier molecular flexibility index (Phi) is 6.96. The van der Waals surface area contributed by atoms with Crippen LogP contribution in [0.3, 0.4) is 0 Å². The van der Waals surface area contributed by atoms with Crippen LogP contribution in [0.2, 0.25) is 0 Å². The Balaban J connectivity index is 1.51. The second kappa shape index (κ2) is 9.44.